The molecule has 0 saturated carbocycles. The Morgan fingerprint density at radius 2 is 2.18 bits per heavy atom. The quantitative estimate of drug-likeness (QED) is 0.712. The number of nitrogens with zero attached hydrogens (tertiary/aromatic N) is 1. The molecule has 0 atom stereocenters. The van der Waals surface area contributed by atoms with Crippen LogP contribution in [0.5, 0.6) is 5.75 Å². The highest BCUT2D eigenvalue weighted by Gasteiger charge is 2.09. The van der Waals surface area contributed by atoms with Crippen LogP contribution in [0.3, 0.4) is 0 Å². The number of aliphatic hydroxyl groups excluding tert-OH is 1. The standard InChI is InChI=1S/C13H22N2O2/c1-3-10-17-12-7-4-6-11(13(12)14)15(2)8-5-9-16/h4,6-7,16H,3,5,8-10,14H2,1-2H3. The van der Waals surface area contributed by atoms with Gasteiger partial charge in [0.25, 0.3) is 0 Å². The molecular formula is C13H22N2O2. The zero-order valence-corrected chi connectivity index (χ0v) is 10.6. The van der Waals surface area contributed by atoms with E-state index in [-0.39, 0.29) is 6.61 Å². The van der Waals surface area contributed by atoms with Gasteiger partial charge in [0.1, 0.15) is 5.75 Å². The highest BCUT2D eigenvalue weighted by Crippen LogP contribution is 2.31. The molecule has 0 aromatic heterocycles. The minimum atomic E-state index is 0.191. The van der Waals surface area contributed by atoms with Crippen LogP contribution in [-0.2, 0) is 0 Å². The third-order valence-electron chi connectivity index (χ3n) is 2.57. The third-order valence-corrected chi connectivity index (χ3v) is 2.57. The van der Waals surface area contributed by atoms with Crippen LogP contribution in [0.4, 0.5) is 11.4 Å². The van der Waals surface area contributed by atoms with Crippen LogP contribution in [0.1, 0.15) is 19.8 Å². The number of nitrogens with two attached hydrogens (primary N) is 1. The monoisotopic (exact) mass is 238 g/mol. The van der Waals surface area contributed by atoms with Crippen LogP contribution < -0.4 is 15.4 Å². The molecule has 4 nitrogen and oxygen atoms in total. The summed E-state index contributed by atoms with van der Waals surface area (Å²) in [5.74, 6) is 0.736. The van der Waals surface area contributed by atoms with Gasteiger partial charge in [-0.15, -0.1) is 0 Å². The predicted molar refractivity (Wildman–Crippen MR) is 71.6 cm³/mol. The van der Waals surface area contributed by atoms with E-state index in [1.165, 1.54) is 0 Å². The van der Waals surface area contributed by atoms with Gasteiger partial charge in [0.15, 0.2) is 0 Å². The van der Waals surface area contributed by atoms with Crippen LogP contribution in [0.2, 0.25) is 0 Å². The summed E-state index contributed by atoms with van der Waals surface area (Å²) in [6.07, 6.45) is 1.69. The maximum Gasteiger partial charge on any atom is 0.144 e. The number of anilines is 2. The lowest BCUT2D eigenvalue weighted by atomic mass is 10.2. The van der Waals surface area contributed by atoms with E-state index in [1.54, 1.807) is 0 Å². The molecule has 4 heteroatoms. The number of hydrogen-bond acceptors (Lipinski definition) is 4. The molecule has 1 rings (SSSR count). The van der Waals surface area contributed by atoms with E-state index in [1.807, 2.05) is 30.1 Å². The molecule has 0 unspecified atom stereocenters. The van der Waals surface area contributed by atoms with Gasteiger partial charge in [0, 0.05) is 20.2 Å². The molecule has 0 aliphatic heterocycles. The highest BCUT2D eigenvalue weighted by atomic mass is 16.5. The van der Waals surface area contributed by atoms with Crippen molar-refractivity contribution < 1.29 is 9.84 Å². The first-order chi connectivity index (χ1) is 8.20. The van der Waals surface area contributed by atoms with Crippen LogP contribution in [0.25, 0.3) is 0 Å². The van der Waals surface area contributed by atoms with Gasteiger partial charge in [-0.05, 0) is 25.0 Å². The van der Waals surface area contributed by atoms with E-state index in [0.717, 1.165) is 30.8 Å². The third kappa shape index (κ3) is 3.82. The Kier molecular flexibility index (Phi) is 5.63. The van der Waals surface area contributed by atoms with Crippen molar-refractivity contribution in [1.82, 2.24) is 0 Å². The van der Waals surface area contributed by atoms with Crippen molar-refractivity contribution in [1.29, 1.82) is 0 Å². The number of ether oxygens (including phenoxy) is 1. The summed E-state index contributed by atoms with van der Waals surface area (Å²) >= 11 is 0. The van der Waals surface area contributed by atoms with E-state index in [2.05, 4.69) is 6.92 Å². The normalized spacial score (nSPS) is 10.3. The molecule has 1 aromatic rings. The summed E-state index contributed by atoms with van der Waals surface area (Å²) in [7, 11) is 1.96. The van der Waals surface area contributed by atoms with Gasteiger partial charge in [-0.2, -0.15) is 0 Å². The number of hydrogen-bond donors (Lipinski definition) is 2. The van der Waals surface area contributed by atoms with E-state index >= 15 is 0 Å². The molecule has 0 aliphatic carbocycles. The average Bonchev–Trinajstić information content (AvgIpc) is 2.34. The molecule has 0 fully saturated rings. The lowest BCUT2D eigenvalue weighted by molar-refractivity contribution is 0.290. The van der Waals surface area contributed by atoms with Crippen molar-refractivity contribution in [2.45, 2.75) is 19.8 Å². The molecule has 0 spiro atoms. The Labute approximate surface area is 103 Å². The molecular weight excluding hydrogens is 216 g/mol. The Bertz CT molecular complexity index is 342. The fraction of sp³-hybridized carbons (Fsp3) is 0.538. The summed E-state index contributed by atoms with van der Waals surface area (Å²) in [6.45, 7) is 3.70. The molecule has 0 amide bonds. The van der Waals surface area contributed by atoms with Gasteiger partial charge in [0.05, 0.1) is 18.0 Å². The van der Waals surface area contributed by atoms with Crippen LogP contribution >= 0.6 is 0 Å². The maximum absolute atomic E-state index is 8.82. The number of para-hydroxylation sites is 1. The second-order valence-electron chi connectivity index (χ2n) is 4.04. The Morgan fingerprint density at radius 3 is 2.82 bits per heavy atom. The van der Waals surface area contributed by atoms with Crippen LogP contribution in [0.15, 0.2) is 18.2 Å². The first kappa shape index (κ1) is 13.6. The van der Waals surface area contributed by atoms with Gasteiger partial charge in [0.2, 0.25) is 0 Å². The van der Waals surface area contributed by atoms with E-state index in [0.29, 0.717) is 12.3 Å². The zero-order valence-electron chi connectivity index (χ0n) is 10.6. The fourth-order valence-electron chi connectivity index (χ4n) is 1.63. The first-order valence-corrected chi connectivity index (χ1v) is 6.04. The van der Waals surface area contributed by atoms with Crippen molar-refractivity contribution in [3.63, 3.8) is 0 Å². The molecule has 0 aliphatic rings. The highest BCUT2D eigenvalue weighted by molar-refractivity contribution is 5.73. The fourth-order valence-corrected chi connectivity index (χ4v) is 1.63. The smallest absolute Gasteiger partial charge is 0.144 e. The van der Waals surface area contributed by atoms with Gasteiger partial charge < -0.3 is 20.5 Å². The van der Waals surface area contributed by atoms with E-state index < -0.39 is 0 Å². The van der Waals surface area contributed by atoms with E-state index in [4.69, 9.17) is 15.6 Å². The molecule has 0 bridgehead atoms. The lowest BCUT2D eigenvalue weighted by Crippen LogP contribution is -2.20. The molecule has 17 heavy (non-hydrogen) atoms. The largest absolute Gasteiger partial charge is 0.491 e. The number of rotatable bonds is 7. The Hall–Kier alpha value is -1.42. The second kappa shape index (κ2) is 7.01. The minimum Gasteiger partial charge on any atom is -0.491 e. The van der Waals surface area contributed by atoms with Crippen molar-refractivity contribution in [2.75, 3.05) is 37.4 Å². The number of aliphatic hydroxyl groups is 1. The van der Waals surface area contributed by atoms with Crippen molar-refractivity contribution in [2.24, 2.45) is 0 Å². The van der Waals surface area contributed by atoms with Gasteiger partial charge in [-0.1, -0.05) is 13.0 Å². The minimum absolute atomic E-state index is 0.191. The van der Waals surface area contributed by atoms with Gasteiger partial charge in [-0.25, -0.2) is 0 Å². The number of nitrogen functional groups attached to an aromatic ring is 1. The second-order valence-corrected chi connectivity index (χ2v) is 4.04. The van der Waals surface area contributed by atoms with E-state index in [9.17, 15) is 0 Å². The van der Waals surface area contributed by atoms with Crippen molar-refractivity contribution in [3.05, 3.63) is 18.2 Å². The van der Waals surface area contributed by atoms with Crippen LogP contribution in [0, 0.1) is 0 Å². The molecule has 0 saturated heterocycles. The summed E-state index contributed by atoms with van der Waals surface area (Å²) in [4.78, 5) is 2.03. The maximum atomic E-state index is 8.82. The Balaban J connectivity index is 2.78. The number of benzene rings is 1. The SMILES string of the molecule is CCCOc1cccc(N(C)CCCO)c1N. The molecule has 1 aromatic carbocycles. The summed E-state index contributed by atoms with van der Waals surface area (Å²) in [5.41, 5.74) is 7.69. The average molecular weight is 238 g/mol. The molecule has 0 heterocycles. The lowest BCUT2D eigenvalue weighted by Gasteiger charge is -2.22. The molecule has 96 valence electrons. The van der Waals surface area contributed by atoms with Crippen LogP contribution in [-0.4, -0.2) is 31.9 Å². The topological polar surface area (TPSA) is 58.7 Å². The summed E-state index contributed by atoms with van der Waals surface area (Å²) in [5, 5.41) is 8.82. The van der Waals surface area contributed by atoms with Crippen molar-refractivity contribution in [3.8, 4) is 5.75 Å². The molecule has 3 N–H and O–H groups in total. The summed E-state index contributed by atoms with van der Waals surface area (Å²) in [6, 6.07) is 5.78. The van der Waals surface area contributed by atoms with Crippen molar-refractivity contribution >= 4 is 11.4 Å². The van der Waals surface area contributed by atoms with Gasteiger partial charge >= 0.3 is 0 Å². The first-order valence-electron chi connectivity index (χ1n) is 6.04. The summed E-state index contributed by atoms with van der Waals surface area (Å²) < 4.78 is 5.58. The Morgan fingerprint density at radius 1 is 1.41 bits per heavy atom. The predicted octanol–water partition coefficient (Wildman–Crippen LogP) is 1.88. The molecule has 0 radical (unpaired) electrons. The zero-order chi connectivity index (χ0) is 12.7. The van der Waals surface area contributed by atoms with Gasteiger partial charge in [-0.3, -0.25) is 0 Å².